The van der Waals surface area contributed by atoms with E-state index in [4.69, 9.17) is 0 Å². The Labute approximate surface area is 58.8 Å². The van der Waals surface area contributed by atoms with E-state index in [-0.39, 0.29) is 11.0 Å². The van der Waals surface area contributed by atoms with Crippen molar-refractivity contribution in [2.45, 2.75) is 0 Å². The molecule has 0 saturated carbocycles. The molecular formula is C4H3BrF2N2. The fraction of sp³-hybridized carbons (Fsp3) is 0.250. The molecule has 0 aliphatic carbocycles. The van der Waals surface area contributed by atoms with Crippen molar-refractivity contribution in [1.82, 2.24) is 5.32 Å². The van der Waals surface area contributed by atoms with Gasteiger partial charge in [0.15, 0.2) is 0 Å². The Bertz CT molecular complexity index is 187. The molecule has 0 aromatic heterocycles. The zero-order chi connectivity index (χ0) is 6.85. The molecule has 0 atom stereocenters. The lowest BCUT2D eigenvalue weighted by Crippen LogP contribution is -2.21. The van der Waals surface area contributed by atoms with Crippen molar-refractivity contribution in [1.29, 1.82) is 0 Å². The van der Waals surface area contributed by atoms with E-state index in [1.165, 1.54) is 0 Å². The molecule has 1 N–H and O–H groups in total. The summed E-state index contributed by atoms with van der Waals surface area (Å²) < 4.78 is 24.4. The van der Waals surface area contributed by atoms with Gasteiger partial charge in [0.2, 0.25) is 5.95 Å². The van der Waals surface area contributed by atoms with Gasteiger partial charge in [-0.05, 0) is 15.9 Å². The maximum Gasteiger partial charge on any atom is 0.284 e. The highest BCUT2D eigenvalue weighted by atomic mass is 79.9. The summed E-state index contributed by atoms with van der Waals surface area (Å²) in [5.74, 6) is -0.706. The normalized spacial score (nSPS) is 19.2. The number of hydrogen-bond donors (Lipinski definition) is 1. The molecule has 0 spiro atoms. The lowest BCUT2D eigenvalue weighted by Gasteiger charge is -2.06. The summed E-state index contributed by atoms with van der Waals surface area (Å²) in [5.41, 5.74) is 0. The van der Waals surface area contributed by atoms with Crippen LogP contribution in [0.3, 0.4) is 0 Å². The van der Waals surface area contributed by atoms with E-state index in [2.05, 4.69) is 20.9 Å². The Morgan fingerprint density at radius 3 is 2.67 bits per heavy atom. The molecule has 0 fully saturated rings. The van der Waals surface area contributed by atoms with Crippen LogP contribution in [0, 0.1) is 0 Å². The summed E-state index contributed by atoms with van der Waals surface area (Å²) in [6.45, 7) is 0.0324. The summed E-state index contributed by atoms with van der Waals surface area (Å²) in [5, 5.41) is 1.78. The topological polar surface area (TPSA) is 24.4 Å². The summed E-state index contributed by atoms with van der Waals surface area (Å²) in [7, 11) is 0. The Kier molecular flexibility index (Phi) is 1.80. The highest BCUT2D eigenvalue weighted by molar-refractivity contribution is 9.11. The average molecular weight is 197 g/mol. The first-order chi connectivity index (χ1) is 4.20. The van der Waals surface area contributed by atoms with Crippen molar-refractivity contribution in [3.63, 3.8) is 0 Å². The first-order valence-corrected chi connectivity index (χ1v) is 3.00. The number of rotatable bonds is 0. The summed E-state index contributed by atoms with van der Waals surface area (Å²) in [6, 6.07) is 0. The van der Waals surface area contributed by atoms with Gasteiger partial charge in [-0.2, -0.15) is 8.78 Å². The van der Waals surface area contributed by atoms with Crippen LogP contribution >= 0.6 is 15.9 Å². The lowest BCUT2D eigenvalue weighted by molar-refractivity contribution is 0.559. The van der Waals surface area contributed by atoms with E-state index >= 15 is 0 Å². The SMILES string of the molecule is FC1=NCC(Br)=C(F)N1. The minimum absolute atomic E-state index is 0.0324. The number of nitrogens with zero attached hydrogens (tertiary/aromatic N) is 1. The van der Waals surface area contributed by atoms with Gasteiger partial charge in [-0.15, -0.1) is 0 Å². The Balaban J connectivity index is 2.70. The second-order valence-corrected chi connectivity index (χ2v) is 2.41. The van der Waals surface area contributed by atoms with E-state index in [0.29, 0.717) is 0 Å². The van der Waals surface area contributed by atoms with E-state index in [1.54, 1.807) is 5.32 Å². The van der Waals surface area contributed by atoms with Crippen molar-refractivity contribution < 1.29 is 8.78 Å². The van der Waals surface area contributed by atoms with Gasteiger partial charge in [0.05, 0.1) is 11.0 Å². The van der Waals surface area contributed by atoms with Crippen molar-refractivity contribution in [2.75, 3.05) is 6.54 Å². The fourth-order valence-electron chi connectivity index (χ4n) is 0.406. The Morgan fingerprint density at radius 2 is 2.22 bits per heavy atom. The van der Waals surface area contributed by atoms with Gasteiger partial charge in [0.1, 0.15) is 0 Å². The molecule has 0 aromatic carbocycles. The molecule has 1 heterocycles. The van der Waals surface area contributed by atoms with Gasteiger partial charge in [-0.1, -0.05) is 0 Å². The predicted octanol–water partition coefficient (Wildman–Crippen LogP) is 1.45. The van der Waals surface area contributed by atoms with Crippen LogP contribution in [-0.2, 0) is 0 Å². The van der Waals surface area contributed by atoms with Crippen LogP contribution < -0.4 is 5.32 Å². The lowest BCUT2D eigenvalue weighted by atomic mass is 10.5. The molecule has 50 valence electrons. The van der Waals surface area contributed by atoms with Crippen LogP contribution in [0.1, 0.15) is 0 Å². The van der Waals surface area contributed by atoms with Gasteiger partial charge in [0.25, 0.3) is 6.09 Å². The highest BCUT2D eigenvalue weighted by Crippen LogP contribution is 2.14. The molecule has 0 bridgehead atoms. The zero-order valence-electron chi connectivity index (χ0n) is 4.29. The van der Waals surface area contributed by atoms with Gasteiger partial charge < -0.3 is 0 Å². The molecule has 0 amide bonds. The Morgan fingerprint density at radius 1 is 1.56 bits per heavy atom. The van der Waals surface area contributed by atoms with Crippen LogP contribution in [0.25, 0.3) is 0 Å². The highest BCUT2D eigenvalue weighted by Gasteiger charge is 2.10. The van der Waals surface area contributed by atoms with Crippen molar-refractivity contribution in [3.8, 4) is 0 Å². The van der Waals surface area contributed by atoms with Gasteiger partial charge in [0, 0.05) is 0 Å². The third-order valence-corrected chi connectivity index (χ3v) is 1.41. The summed E-state index contributed by atoms with van der Waals surface area (Å²) in [6.07, 6.45) is -0.879. The number of nitrogens with one attached hydrogen (secondary N) is 1. The van der Waals surface area contributed by atoms with Gasteiger partial charge >= 0.3 is 0 Å². The molecule has 1 aliphatic rings. The minimum Gasteiger partial charge on any atom is -0.292 e. The zero-order valence-corrected chi connectivity index (χ0v) is 5.87. The third-order valence-electron chi connectivity index (χ3n) is 0.808. The molecule has 0 unspecified atom stereocenters. The average Bonchev–Trinajstić information content (AvgIpc) is 1.80. The van der Waals surface area contributed by atoms with Crippen LogP contribution in [0.2, 0.25) is 0 Å². The number of halogens is 3. The molecule has 0 radical (unpaired) electrons. The fourth-order valence-corrected chi connectivity index (χ4v) is 0.631. The smallest absolute Gasteiger partial charge is 0.284 e. The van der Waals surface area contributed by atoms with Crippen molar-refractivity contribution in [3.05, 3.63) is 10.4 Å². The van der Waals surface area contributed by atoms with E-state index in [9.17, 15) is 8.78 Å². The van der Waals surface area contributed by atoms with Crippen LogP contribution in [0.15, 0.2) is 15.4 Å². The molecule has 1 aliphatic heterocycles. The second-order valence-electron chi connectivity index (χ2n) is 1.45. The van der Waals surface area contributed by atoms with Gasteiger partial charge in [-0.25, -0.2) is 4.99 Å². The van der Waals surface area contributed by atoms with Crippen molar-refractivity contribution >= 4 is 22.0 Å². The first-order valence-electron chi connectivity index (χ1n) is 2.21. The van der Waals surface area contributed by atoms with Crippen LogP contribution in [-0.4, -0.2) is 12.6 Å². The van der Waals surface area contributed by atoms with E-state index in [0.717, 1.165) is 0 Å². The quantitative estimate of drug-likeness (QED) is 0.584. The molecule has 0 saturated heterocycles. The maximum absolute atomic E-state index is 12.2. The largest absolute Gasteiger partial charge is 0.292 e. The van der Waals surface area contributed by atoms with E-state index in [1.807, 2.05) is 0 Å². The first kappa shape index (κ1) is 6.67. The van der Waals surface area contributed by atoms with Crippen molar-refractivity contribution in [2.24, 2.45) is 4.99 Å². The molecule has 2 nitrogen and oxygen atoms in total. The maximum atomic E-state index is 12.2. The molecule has 1 rings (SSSR count). The Hall–Kier alpha value is -0.450. The molecule has 9 heavy (non-hydrogen) atoms. The predicted molar refractivity (Wildman–Crippen MR) is 33.6 cm³/mol. The molecule has 5 heteroatoms. The second kappa shape index (κ2) is 2.43. The molecular weight excluding hydrogens is 194 g/mol. The van der Waals surface area contributed by atoms with Gasteiger partial charge in [-0.3, -0.25) is 5.32 Å². The monoisotopic (exact) mass is 196 g/mol. The number of hydrogen-bond acceptors (Lipinski definition) is 2. The summed E-state index contributed by atoms with van der Waals surface area (Å²) in [4.78, 5) is 3.26. The van der Waals surface area contributed by atoms with E-state index < -0.39 is 12.0 Å². The number of amidine groups is 1. The van der Waals surface area contributed by atoms with Crippen LogP contribution in [0.5, 0.6) is 0 Å². The molecule has 0 aromatic rings. The van der Waals surface area contributed by atoms with Crippen LogP contribution in [0.4, 0.5) is 8.78 Å². The number of aliphatic imine (C=N–C) groups is 1. The minimum atomic E-state index is -0.879. The third kappa shape index (κ3) is 1.48. The summed E-state index contributed by atoms with van der Waals surface area (Å²) >= 11 is 2.85. The standard InChI is InChI=1S/C4H3BrF2N2/c5-2-1-8-4(7)9-3(2)6/h1H2,(H,8,9).